The zero-order valence-electron chi connectivity index (χ0n) is 13.9. The van der Waals surface area contributed by atoms with Gasteiger partial charge in [-0.2, -0.15) is 0 Å². The van der Waals surface area contributed by atoms with Crippen LogP contribution in [0.15, 0.2) is 11.4 Å². The second-order valence-corrected chi connectivity index (χ2v) is 8.48. The summed E-state index contributed by atoms with van der Waals surface area (Å²) in [5.41, 5.74) is 0.946. The molecular weight excluding hydrogens is 304 g/mol. The second-order valence-electron chi connectivity index (χ2n) is 7.53. The van der Waals surface area contributed by atoms with Crippen molar-refractivity contribution in [3.8, 4) is 0 Å². The first-order valence-corrected chi connectivity index (χ1v) is 10.3. The van der Waals surface area contributed by atoms with Crippen LogP contribution in [0.25, 0.3) is 0 Å². The van der Waals surface area contributed by atoms with E-state index in [9.17, 15) is 4.79 Å². The maximum absolute atomic E-state index is 13.1. The number of amides is 1. The van der Waals surface area contributed by atoms with Crippen LogP contribution in [0.4, 0.5) is 0 Å². The van der Waals surface area contributed by atoms with E-state index in [1.54, 1.807) is 11.3 Å². The number of likely N-dealkylation sites (tertiary alicyclic amines) is 1. The molecule has 0 spiro atoms. The van der Waals surface area contributed by atoms with E-state index >= 15 is 0 Å². The van der Waals surface area contributed by atoms with Gasteiger partial charge in [-0.15, -0.1) is 11.3 Å². The minimum atomic E-state index is 0.299. The third-order valence-electron chi connectivity index (χ3n) is 6.07. The molecule has 4 rings (SSSR count). The summed E-state index contributed by atoms with van der Waals surface area (Å²) in [4.78, 5) is 16.7. The lowest BCUT2D eigenvalue weighted by molar-refractivity contribution is 0.0391. The molecule has 4 heteroatoms. The summed E-state index contributed by atoms with van der Waals surface area (Å²) < 4.78 is 0. The lowest BCUT2D eigenvalue weighted by atomic mass is 9.78. The Bertz CT molecular complexity index is 547. The fraction of sp³-hybridized carbons (Fsp3) is 0.737. The van der Waals surface area contributed by atoms with E-state index in [0.29, 0.717) is 17.9 Å². The number of hydrogen-bond acceptors (Lipinski definition) is 3. The van der Waals surface area contributed by atoms with E-state index in [-0.39, 0.29) is 0 Å². The SMILES string of the molecule is O=C(c1csc(C2CCCNC2)c1)N1CCCC2CCCCC21. The molecule has 3 fully saturated rings. The molecule has 2 aliphatic heterocycles. The van der Waals surface area contributed by atoms with Crippen molar-refractivity contribution in [1.29, 1.82) is 0 Å². The minimum Gasteiger partial charge on any atom is -0.335 e. The van der Waals surface area contributed by atoms with Crippen molar-refractivity contribution in [3.63, 3.8) is 0 Å². The molecule has 126 valence electrons. The predicted molar refractivity (Wildman–Crippen MR) is 95.2 cm³/mol. The van der Waals surface area contributed by atoms with E-state index in [1.807, 2.05) is 0 Å². The fourth-order valence-corrected chi connectivity index (χ4v) is 5.84. The molecule has 2 saturated heterocycles. The van der Waals surface area contributed by atoms with Gasteiger partial charge in [-0.3, -0.25) is 4.79 Å². The zero-order valence-corrected chi connectivity index (χ0v) is 14.7. The van der Waals surface area contributed by atoms with Crippen LogP contribution >= 0.6 is 11.3 Å². The number of carbonyl (C=O) groups is 1. The fourth-order valence-electron chi connectivity index (χ4n) is 4.82. The molecule has 1 N–H and O–H groups in total. The Morgan fingerprint density at radius 2 is 2.00 bits per heavy atom. The molecule has 0 bridgehead atoms. The zero-order chi connectivity index (χ0) is 15.6. The van der Waals surface area contributed by atoms with E-state index < -0.39 is 0 Å². The Morgan fingerprint density at radius 1 is 1.13 bits per heavy atom. The first kappa shape index (κ1) is 15.6. The van der Waals surface area contributed by atoms with Crippen LogP contribution in [-0.2, 0) is 0 Å². The van der Waals surface area contributed by atoms with Crippen molar-refractivity contribution in [2.75, 3.05) is 19.6 Å². The lowest BCUT2D eigenvalue weighted by Crippen LogP contribution is -2.49. The Hall–Kier alpha value is -0.870. The summed E-state index contributed by atoms with van der Waals surface area (Å²) in [6.07, 6.45) is 10.2. The molecule has 0 aromatic carbocycles. The average Bonchev–Trinajstić information content (AvgIpc) is 3.11. The van der Waals surface area contributed by atoms with Crippen LogP contribution in [0, 0.1) is 5.92 Å². The normalized spacial score (nSPS) is 31.7. The van der Waals surface area contributed by atoms with E-state index in [2.05, 4.69) is 21.7 Å². The highest BCUT2D eigenvalue weighted by Crippen LogP contribution is 2.37. The van der Waals surface area contributed by atoms with Gasteiger partial charge in [0.1, 0.15) is 0 Å². The highest BCUT2D eigenvalue weighted by Gasteiger charge is 2.36. The smallest absolute Gasteiger partial charge is 0.254 e. The Labute approximate surface area is 143 Å². The molecule has 23 heavy (non-hydrogen) atoms. The quantitative estimate of drug-likeness (QED) is 0.887. The number of thiophene rings is 1. The molecule has 3 unspecified atom stereocenters. The number of fused-ring (bicyclic) bond motifs is 1. The molecule has 3 atom stereocenters. The topological polar surface area (TPSA) is 32.3 Å². The molecule has 3 nitrogen and oxygen atoms in total. The molecule has 1 saturated carbocycles. The molecule has 1 aromatic rings. The summed E-state index contributed by atoms with van der Waals surface area (Å²) in [6, 6.07) is 2.71. The highest BCUT2D eigenvalue weighted by molar-refractivity contribution is 7.10. The average molecular weight is 333 g/mol. The largest absolute Gasteiger partial charge is 0.335 e. The van der Waals surface area contributed by atoms with E-state index in [0.717, 1.165) is 31.1 Å². The van der Waals surface area contributed by atoms with Gasteiger partial charge in [-0.05, 0) is 57.1 Å². The second kappa shape index (κ2) is 6.94. The Balaban J connectivity index is 1.48. The van der Waals surface area contributed by atoms with Crippen LogP contribution in [0.2, 0.25) is 0 Å². The van der Waals surface area contributed by atoms with Gasteiger partial charge in [0.2, 0.25) is 0 Å². The van der Waals surface area contributed by atoms with Crippen molar-refractivity contribution in [1.82, 2.24) is 10.2 Å². The lowest BCUT2D eigenvalue weighted by Gasteiger charge is -2.44. The van der Waals surface area contributed by atoms with E-state index in [1.165, 1.54) is 56.2 Å². The number of carbonyl (C=O) groups excluding carboxylic acids is 1. The Kier molecular flexibility index (Phi) is 4.72. The molecule has 3 aliphatic rings. The predicted octanol–water partition coefficient (Wildman–Crippen LogP) is 4.01. The highest BCUT2D eigenvalue weighted by atomic mass is 32.1. The maximum atomic E-state index is 13.1. The van der Waals surface area contributed by atoms with Gasteiger partial charge >= 0.3 is 0 Å². The minimum absolute atomic E-state index is 0.299. The number of rotatable bonds is 2. The number of nitrogens with zero attached hydrogens (tertiary/aromatic N) is 1. The number of hydrogen-bond donors (Lipinski definition) is 1. The van der Waals surface area contributed by atoms with Gasteiger partial charge in [0.15, 0.2) is 0 Å². The summed E-state index contributed by atoms with van der Waals surface area (Å²) in [6.45, 7) is 3.18. The van der Waals surface area contributed by atoms with Crippen LogP contribution in [-0.4, -0.2) is 36.5 Å². The first-order valence-electron chi connectivity index (χ1n) is 9.43. The van der Waals surface area contributed by atoms with Crippen LogP contribution in [0.5, 0.6) is 0 Å². The van der Waals surface area contributed by atoms with Crippen molar-refractivity contribution in [3.05, 3.63) is 21.9 Å². The van der Waals surface area contributed by atoms with Gasteiger partial charge in [0.05, 0.1) is 5.56 Å². The summed E-state index contributed by atoms with van der Waals surface area (Å²) >= 11 is 1.79. The third-order valence-corrected chi connectivity index (χ3v) is 7.17. The van der Waals surface area contributed by atoms with Gasteiger partial charge in [-0.1, -0.05) is 12.8 Å². The van der Waals surface area contributed by atoms with Gasteiger partial charge in [0.25, 0.3) is 5.91 Å². The maximum Gasteiger partial charge on any atom is 0.254 e. The van der Waals surface area contributed by atoms with E-state index in [4.69, 9.17) is 0 Å². The van der Waals surface area contributed by atoms with Crippen LogP contribution < -0.4 is 5.32 Å². The molecule has 0 radical (unpaired) electrons. The monoisotopic (exact) mass is 332 g/mol. The summed E-state index contributed by atoms with van der Waals surface area (Å²) in [5.74, 6) is 1.68. The van der Waals surface area contributed by atoms with Gasteiger partial charge in [-0.25, -0.2) is 0 Å². The molecule has 1 aliphatic carbocycles. The number of piperidine rings is 2. The summed E-state index contributed by atoms with van der Waals surface area (Å²) in [7, 11) is 0. The van der Waals surface area contributed by atoms with Gasteiger partial charge in [0, 0.05) is 35.3 Å². The van der Waals surface area contributed by atoms with Crippen molar-refractivity contribution >= 4 is 17.2 Å². The number of nitrogens with one attached hydrogen (secondary N) is 1. The van der Waals surface area contributed by atoms with Crippen LogP contribution in [0.3, 0.4) is 0 Å². The summed E-state index contributed by atoms with van der Waals surface area (Å²) in [5, 5.41) is 5.59. The van der Waals surface area contributed by atoms with Gasteiger partial charge < -0.3 is 10.2 Å². The molecular formula is C19H28N2OS. The molecule has 1 aromatic heterocycles. The Morgan fingerprint density at radius 3 is 2.87 bits per heavy atom. The van der Waals surface area contributed by atoms with Crippen molar-refractivity contribution < 1.29 is 4.79 Å². The van der Waals surface area contributed by atoms with Crippen LogP contribution in [0.1, 0.15) is 72.5 Å². The van der Waals surface area contributed by atoms with Crippen molar-refractivity contribution in [2.24, 2.45) is 5.92 Å². The molecule has 1 amide bonds. The first-order chi connectivity index (χ1) is 11.3. The molecule has 3 heterocycles. The third kappa shape index (κ3) is 3.20. The van der Waals surface area contributed by atoms with Crippen molar-refractivity contribution in [2.45, 2.75) is 63.3 Å². The standard InChI is InChI=1S/C19H28N2OS/c22-19(21-10-4-7-14-5-1-2-8-17(14)21)16-11-18(23-13-16)15-6-3-9-20-12-15/h11,13-15,17,20H,1-10,12H2.